The molecule has 0 radical (unpaired) electrons. The summed E-state index contributed by atoms with van der Waals surface area (Å²) < 4.78 is 0. The molecule has 0 aromatic carbocycles. The van der Waals surface area contributed by atoms with E-state index in [1.165, 1.54) is 24.8 Å². The topological polar surface area (TPSA) is 62.3 Å². The molecule has 1 N–H and O–H groups in total. The lowest BCUT2D eigenvalue weighted by Gasteiger charge is -2.33. The third-order valence-electron chi connectivity index (χ3n) is 6.03. The minimum atomic E-state index is -0.671. The summed E-state index contributed by atoms with van der Waals surface area (Å²) in [5.41, 5.74) is 2.16. The third kappa shape index (κ3) is 6.30. The Morgan fingerprint density at radius 3 is 2.55 bits per heavy atom. The fraction of sp³-hybridized carbons (Fsp3) is 0.609. The van der Waals surface area contributed by atoms with Crippen molar-refractivity contribution in [2.45, 2.75) is 76.3 Å². The second kappa shape index (κ2) is 11.3. The van der Waals surface area contributed by atoms with E-state index in [1.54, 1.807) is 17.3 Å². The van der Waals surface area contributed by atoms with Crippen molar-refractivity contribution >= 4 is 23.4 Å². The summed E-state index contributed by atoms with van der Waals surface area (Å²) in [7, 11) is 0. The number of aromatic nitrogens is 1. The zero-order valence-electron chi connectivity index (χ0n) is 17.1. The van der Waals surface area contributed by atoms with E-state index in [-0.39, 0.29) is 23.7 Å². The van der Waals surface area contributed by atoms with Crippen LogP contribution in [0.4, 0.5) is 0 Å². The van der Waals surface area contributed by atoms with Gasteiger partial charge in [-0.05, 0) is 62.6 Å². The van der Waals surface area contributed by atoms with Crippen molar-refractivity contribution in [3.63, 3.8) is 0 Å². The Morgan fingerprint density at radius 1 is 1.14 bits per heavy atom. The van der Waals surface area contributed by atoms with E-state index in [1.807, 2.05) is 12.1 Å². The summed E-state index contributed by atoms with van der Waals surface area (Å²) in [5, 5.41) is 3.20. The summed E-state index contributed by atoms with van der Waals surface area (Å²) in [5.74, 6) is -0.444. The van der Waals surface area contributed by atoms with Crippen LogP contribution in [-0.2, 0) is 9.59 Å². The first-order valence-electron chi connectivity index (χ1n) is 10.9. The van der Waals surface area contributed by atoms with E-state index in [2.05, 4.69) is 16.4 Å². The predicted molar refractivity (Wildman–Crippen MR) is 116 cm³/mol. The summed E-state index contributed by atoms with van der Waals surface area (Å²) >= 11 is 5.95. The van der Waals surface area contributed by atoms with Crippen LogP contribution in [-0.4, -0.2) is 40.2 Å². The van der Waals surface area contributed by atoms with Gasteiger partial charge < -0.3 is 10.2 Å². The van der Waals surface area contributed by atoms with Crippen LogP contribution in [0.3, 0.4) is 0 Å². The molecule has 1 heterocycles. The zero-order valence-corrected chi connectivity index (χ0v) is 17.9. The van der Waals surface area contributed by atoms with Crippen LogP contribution < -0.4 is 5.32 Å². The molecule has 6 heteroatoms. The van der Waals surface area contributed by atoms with Crippen LogP contribution in [0.5, 0.6) is 0 Å². The molecule has 1 aromatic rings. The number of amides is 2. The molecule has 0 saturated heterocycles. The van der Waals surface area contributed by atoms with Gasteiger partial charge in [-0.1, -0.05) is 30.9 Å². The van der Waals surface area contributed by atoms with Gasteiger partial charge in [0.2, 0.25) is 11.8 Å². The number of halogens is 1. The number of nitrogens with one attached hydrogen (secondary N) is 1. The Balaban J connectivity index is 1.80. The first kappa shape index (κ1) is 21.8. The van der Waals surface area contributed by atoms with E-state index in [0.717, 1.165) is 50.5 Å². The number of hydrogen-bond acceptors (Lipinski definition) is 3. The van der Waals surface area contributed by atoms with E-state index in [9.17, 15) is 9.59 Å². The van der Waals surface area contributed by atoms with Gasteiger partial charge in [-0.3, -0.25) is 14.6 Å². The monoisotopic (exact) mass is 417 g/mol. The molecule has 1 atom stereocenters. The van der Waals surface area contributed by atoms with Crippen LogP contribution in [0.2, 0.25) is 0 Å². The molecule has 0 spiro atoms. The smallest absolute Gasteiger partial charge is 0.247 e. The standard InChI is InChI=1S/C23H32ClN3O2/c24-17-21(28)27(16-13-18-7-3-1-4-8-18)22(19-11-14-25-15-12-19)23(29)26-20-9-5-2-6-10-20/h7,11-12,14-15,20,22H,1-6,8-10,13,16-17H2,(H,26,29). The quantitative estimate of drug-likeness (QED) is 0.499. The summed E-state index contributed by atoms with van der Waals surface area (Å²) in [4.78, 5) is 31.9. The van der Waals surface area contributed by atoms with Crippen LogP contribution in [0.15, 0.2) is 36.2 Å². The Kier molecular flexibility index (Phi) is 8.53. The summed E-state index contributed by atoms with van der Waals surface area (Å²) in [6, 6.07) is 3.16. The molecule has 2 aliphatic carbocycles. The van der Waals surface area contributed by atoms with Crippen LogP contribution in [0.1, 0.15) is 75.8 Å². The van der Waals surface area contributed by atoms with Gasteiger partial charge in [0.1, 0.15) is 11.9 Å². The van der Waals surface area contributed by atoms with Crippen molar-refractivity contribution in [3.05, 3.63) is 41.7 Å². The number of allylic oxidation sites excluding steroid dienone is 1. The van der Waals surface area contributed by atoms with Crippen molar-refractivity contribution in [2.75, 3.05) is 12.4 Å². The molecule has 2 aliphatic rings. The van der Waals surface area contributed by atoms with Crippen LogP contribution in [0, 0.1) is 0 Å². The number of hydrogen-bond donors (Lipinski definition) is 1. The Labute approximate surface area is 178 Å². The van der Waals surface area contributed by atoms with Gasteiger partial charge in [0.25, 0.3) is 0 Å². The Bertz CT molecular complexity index is 701. The van der Waals surface area contributed by atoms with Gasteiger partial charge in [-0.15, -0.1) is 11.6 Å². The Morgan fingerprint density at radius 2 is 1.90 bits per heavy atom. The fourth-order valence-corrected chi connectivity index (χ4v) is 4.57. The molecule has 1 fully saturated rings. The second-order valence-electron chi connectivity index (χ2n) is 8.11. The molecular weight excluding hydrogens is 386 g/mol. The molecule has 5 nitrogen and oxygen atoms in total. The largest absolute Gasteiger partial charge is 0.351 e. The average Bonchev–Trinajstić information content (AvgIpc) is 2.78. The molecule has 3 rings (SSSR count). The maximum Gasteiger partial charge on any atom is 0.247 e. The van der Waals surface area contributed by atoms with Crippen LogP contribution >= 0.6 is 11.6 Å². The second-order valence-corrected chi connectivity index (χ2v) is 8.37. The minimum Gasteiger partial charge on any atom is -0.351 e. The van der Waals surface area contributed by atoms with E-state index in [0.29, 0.717) is 6.54 Å². The van der Waals surface area contributed by atoms with Crippen molar-refractivity contribution < 1.29 is 9.59 Å². The third-order valence-corrected chi connectivity index (χ3v) is 6.26. The van der Waals surface area contributed by atoms with Gasteiger partial charge in [0.05, 0.1) is 0 Å². The Hall–Kier alpha value is -1.88. The molecule has 1 unspecified atom stereocenters. The number of carbonyl (C=O) groups is 2. The lowest BCUT2D eigenvalue weighted by molar-refractivity contribution is -0.139. The first-order chi connectivity index (χ1) is 14.2. The number of rotatable bonds is 8. The van der Waals surface area contributed by atoms with E-state index in [4.69, 9.17) is 11.6 Å². The number of nitrogens with zero attached hydrogens (tertiary/aromatic N) is 2. The minimum absolute atomic E-state index is 0.112. The molecule has 158 valence electrons. The molecule has 29 heavy (non-hydrogen) atoms. The van der Waals surface area contributed by atoms with Crippen molar-refractivity contribution in [1.82, 2.24) is 15.2 Å². The van der Waals surface area contributed by atoms with E-state index < -0.39 is 6.04 Å². The SMILES string of the molecule is O=C(NC1CCCCC1)C(c1ccncc1)N(CCC1=CCCCC1)C(=O)CCl. The fourth-order valence-electron chi connectivity index (χ4n) is 4.42. The van der Waals surface area contributed by atoms with Gasteiger partial charge >= 0.3 is 0 Å². The first-order valence-corrected chi connectivity index (χ1v) is 11.5. The average molecular weight is 418 g/mol. The van der Waals surface area contributed by atoms with E-state index >= 15 is 0 Å². The molecule has 1 aromatic heterocycles. The van der Waals surface area contributed by atoms with Crippen molar-refractivity contribution in [1.29, 1.82) is 0 Å². The maximum atomic E-state index is 13.3. The lowest BCUT2D eigenvalue weighted by atomic mass is 9.94. The predicted octanol–water partition coefficient (Wildman–Crippen LogP) is 4.53. The van der Waals surface area contributed by atoms with Gasteiger partial charge in [-0.2, -0.15) is 0 Å². The van der Waals surface area contributed by atoms with Gasteiger partial charge in [0.15, 0.2) is 0 Å². The molecule has 0 bridgehead atoms. The summed E-state index contributed by atoms with van der Waals surface area (Å²) in [6.07, 6.45) is 16.6. The zero-order chi connectivity index (χ0) is 20.5. The van der Waals surface area contributed by atoms with Crippen LogP contribution in [0.25, 0.3) is 0 Å². The number of alkyl halides is 1. The highest BCUT2D eigenvalue weighted by molar-refractivity contribution is 6.27. The lowest BCUT2D eigenvalue weighted by Crippen LogP contribution is -2.47. The molecular formula is C23H32ClN3O2. The highest BCUT2D eigenvalue weighted by Gasteiger charge is 2.32. The number of carbonyl (C=O) groups excluding carboxylic acids is 2. The normalized spacial score (nSPS) is 18.6. The maximum absolute atomic E-state index is 13.3. The molecule has 0 aliphatic heterocycles. The highest BCUT2D eigenvalue weighted by atomic mass is 35.5. The van der Waals surface area contributed by atoms with Gasteiger partial charge in [-0.25, -0.2) is 0 Å². The van der Waals surface area contributed by atoms with Crippen molar-refractivity contribution in [2.24, 2.45) is 0 Å². The highest BCUT2D eigenvalue weighted by Crippen LogP contribution is 2.26. The molecule has 2 amide bonds. The van der Waals surface area contributed by atoms with Crippen molar-refractivity contribution in [3.8, 4) is 0 Å². The number of pyridine rings is 1. The van der Waals surface area contributed by atoms with Gasteiger partial charge in [0, 0.05) is 25.0 Å². The molecule has 1 saturated carbocycles. The summed E-state index contributed by atoms with van der Waals surface area (Å²) in [6.45, 7) is 0.502.